The van der Waals surface area contributed by atoms with Crippen molar-refractivity contribution < 1.29 is 4.79 Å². The molecule has 17 heavy (non-hydrogen) atoms. The molecule has 0 spiro atoms. The first-order valence-corrected chi connectivity index (χ1v) is 6.38. The van der Waals surface area contributed by atoms with Gasteiger partial charge >= 0.3 is 0 Å². The smallest absolute Gasteiger partial charge is 0.233 e. The van der Waals surface area contributed by atoms with Crippen LogP contribution in [0, 0.1) is 0 Å². The summed E-state index contributed by atoms with van der Waals surface area (Å²) in [5.74, 6) is 0.0153. The monoisotopic (exact) mass is 302 g/mol. The van der Waals surface area contributed by atoms with Gasteiger partial charge in [-0.3, -0.25) is 14.4 Å². The molecule has 0 saturated carbocycles. The third kappa shape index (κ3) is 3.54. The van der Waals surface area contributed by atoms with Crippen molar-refractivity contribution in [1.82, 2.24) is 20.0 Å². The lowest BCUT2D eigenvalue weighted by Gasteiger charge is -2.15. The first-order valence-electron chi connectivity index (χ1n) is 5.58. The van der Waals surface area contributed by atoms with Crippen molar-refractivity contribution in [2.75, 3.05) is 20.6 Å². The van der Waals surface area contributed by atoms with Crippen molar-refractivity contribution in [2.45, 2.75) is 19.9 Å². The van der Waals surface area contributed by atoms with Gasteiger partial charge < -0.3 is 5.32 Å². The lowest BCUT2D eigenvalue weighted by molar-refractivity contribution is -0.121. The van der Waals surface area contributed by atoms with E-state index in [-0.39, 0.29) is 5.91 Å². The zero-order valence-corrected chi connectivity index (χ0v) is 12.3. The average molecular weight is 303 g/mol. The van der Waals surface area contributed by atoms with E-state index in [1.165, 1.54) is 0 Å². The van der Waals surface area contributed by atoms with Crippen LogP contribution in [0.1, 0.15) is 18.3 Å². The molecule has 1 rings (SSSR count). The molecule has 0 aliphatic heterocycles. The topological polar surface area (TPSA) is 50.2 Å². The normalized spacial score (nSPS) is 10.9. The summed E-state index contributed by atoms with van der Waals surface area (Å²) in [4.78, 5) is 13.2. The van der Waals surface area contributed by atoms with Crippen LogP contribution in [0.3, 0.4) is 0 Å². The van der Waals surface area contributed by atoms with Crippen LogP contribution in [-0.2, 0) is 24.8 Å². The Kier molecular flexibility index (Phi) is 5.14. The molecule has 5 nitrogen and oxygen atoms in total. The van der Waals surface area contributed by atoms with Gasteiger partial charge in [0.1, 0.15) is 0 Å². The molecule has 6 heteroatoms. The van der Waals surface area contributed by atoms with Gasteiger partial charge in [-0.25, -0.2) is 0 Å². The van der Waals surface area contributed by atoms with Gasteiger partial charge in [-0.2, -0.15) is 5.10 Å². The standard InChI is InChI=1S/C11H19BrN4O/c1-5-8-11(12)9(16(4)14-8)6-15(3)7-10(17)13-2/h5-7H2,1-4H3,(H,13,17). The van der Waals surface area contributed by atoms with E-state index < -0.39 is 0 Å². The molecule has 0 aromatic carbocycles. The zero-order valence-electron chi connectivity index (χ0n) is 10.7. The minimum Gasteiger partial charge on any atom is -0.358 e. The van der Waals surface area contributed by atoms with Crippen LogP contribution in [0.4, 0.5) is 0 Å². The van der Waals surface area contributed by atoms with E-state index in [9.17, 15) is 4.79 Å². The van der Waals surface area contributed by atoms with Crippen LogP contribution in [0.15, 0.2) is 4.47 Å². The molecule has 0 atom stereocenters. The van der Waals surface area contributed by atoms with Gasteiger partial charge in [0.15, 0.2) is 0 Å². The van der Waals surface area contributed by atoms with E-state index in [1.807, 2.05) is 23.7 Å². The number of aromatic nitrogens is 2. The number of nitrogens with one attached hydrogen (secondary N) is 1. The molecule has 0 bridgehead atoms. The Morgan fingerprint density at radius 1 is 1.59 bits per heavy atom. The highest BCUT2D eigenvalue weighted by Gasteiger charge is 2.15. The number of aryl methyl sites for hydroxylation is 2. The number of likely N-dealkylation sites (N-methyl/N-ethyl adjacent to an activating group) is 2. The molecule has 0 unspecified atom stereocenters. The van der Waals surface area contributed by atoms with E-state index in [0.717, 1.165) is 22.3 Å². The van der Waals surface area contributed by atoms with Crippen LogP contribution < -0.4 is 5.32 Å². The van der Waals surface area contributed by atoms with Crippen LogP contribution >= 0.6 is 15.9 Å². The van der Waals surface area contributed by atoms with Crippen LogP contribution in [0.5, 0.6) is 0 Å². The number of halogens is 1. The van der Waals surface area contributed by atoms with Crippen molar-refractivity contribution in [3.8, 4) is 0 Å². The van der Waals surface area contributed by atoms with Crippen LogP contribution in [0.2, 0.25) is 0 Å². The molecule has 0 saturated heterocycles. The lowest BCUT2D eigenvalue weighted by Crippen LogP contribution is -2.33. The Balaban J connectivity index is 2.74. The second-order valence-corrected chi connectivity index (χ2v) is 4.82. The highest BCUT2D eigenvalue weighted by molar-refractivity contribution is 9.10. The largest absolute Gasteiger partial charge is 0.358 e. The summed E-state index contributed by atoms with van der Waals surface area (Å²) in [6, 6.07) is 0. The highest BCUT2D eigenvalue weighted by atomic mass is 79.9. The highest BCUT2D eigenvalue weighted by Crippen LogP contribution is 2.22. The fraction of sp³-hybridized carbons (Fsp3) is 0.636. The van der Waals surface area contributed by atoms with Crippen molar-refractivity contribution >= 4 is 21.8 Å². The minimum absolute atomic E-state index is 0.0153. The summed E-state index contributed by atoms with van der Waals surface area (Å²) in [5, 5.41) is 7.04. The first kappa shape index (κ1) is 14.2. The summed E-state index contributed by atoms with van der Waals surface area (Å²) in [7, 11) is 5.48. The second-order valence-electron chi connectivity index (χ2n) is 4.03. The predicted octanol–water partition coefficient (Wildman–Crippen LogP) is 0.923. The maximum Gasteiger partial charge on any atom is 0.233 e. The Hall–Kier alpha value is -0.880. The van der Waals surface area contributed by atoms with Gasteiger partial charge in [-0.15, -0.1) is 0 Å². The maximum atomic E-state index is 11.3. The van der Waals surface area contributed by atoms with Gasteiger partial charge in [-0.1, -0.05) is 6.92 Å². The van der Waals surface area contributed by atoms with E-state index in [2.05, 4.69) is 33.3 Å². The maximum absolute atomic E-state index is 11.3. The predicted molar refractivity (Wildman–Crippen MR) is 70.7 cm³/mol. The van der Waals surface area contributed by atoms with Crippen molar-refractivity contribution in [2.24, 2.45) is 7.05 Å². The van der Waals surface area contributed by atoms with E-state index in [1.54, 1.807) is 7.05 Å². The number of hydrogen-bond donors (Lipinski definition) is 1. The number of carbonyl (C=O) groups is 1. The second kappa shape index (κ2) is 6.16. The van der Waals surface area contributed by atoms with Gasteiger partial charge in [0.05, 0.1) is 22.4 Å². The summed E-state index contributed by atoms with van der Waals surface area (Å²) in [5.41, 5.74) is 2.14. The zero-order chi connectivity index (χ0) is 13.0. The Bertz CT molecular complexity index is 402. The number of carbonyl (C=O) groups excluding carboxylic acids is 1. The third-order valence-electron chi connectivity index (χ3n) is 2.62. The molecular formula is C11H19BrN4O. The average Bonchev–Trinajstić information content (AvgIpc) is 2.56. The van der Waals surface area contributed by atoms with Gasteiger partial charge in [0, 0.05) is 20.6 Å². The Morgan fingerprint density at radius 3 is 2.71 bits per heavy atom. The molecule has 1 N–H and O–H groups in total. The van der Waals surface area contributed by atoms with E-state index >= 15 is 0 Å². The molecular weight excluding hydrogens is 284 g/mol. The van der Waals surface area contributed by atoms with Gasteiger partial charge in [0.2, 0.25) is 5.91 Å². The van der Waals surface area contributed by atoms with Gasteiger partial charge in [0.25, 0.3) is 0 Å². The number of rotatable bonds is 5. The Labute approximate surface area is 110 Å². The van der Waals surface area contributed by atoms with E-state index in [0.29, 0.717) is 13.1 Å². The van der Waals surface area contributed by atoms with Crippen molar-refractivity contribution in [1.29, 1.82) is 0 Å². The van der Waals surface area contributed by atoms with Crippen LogP contribution in [0.25, 0.3) is 0 Å². The summed E-state index contributed by atoms with van der Waals surface area (Å²) in [6.07, 6.45) is 0.896. The minimum atomic E-state index is 0.0153. The summed E-state index contributed by atoms with van der Waals surface area (Å²) in [6.45, 7) is 3.15. The molecule has 1 heterocycles. The fourth-order valence-corrected chi connectivity index (χ4v) is 2.37. The number of hydrogen-bond acceptors (Lipinski definition) is 3. The summed E-state index contributed by atoms with van der Waals surface area (Å²) >= 11 is 3.56. The van der Waals surface area contributed by atoms with Crippen molar-refractivity contribution in [3.05, 3.63) is 15.9 Å². The quantitative estimate of drug-likeness (QED) is 0.880. The molecule has 0 fully saturated rings. The molecule has 1 aromatic heterocycles. The van der Waals surface area contributed by atoms with Gasteiger partial charge in [-0.05, 0) is 29.4 Å². The molecule has 0 aliphatic carbocycles. The lowest BCUT2D eigenvalue weighted by atomic mass is 10.3. The molecule has 1 amide bonds. The number of nitrogens with zero attached hydrogens (tertiary/aromatic N) is 3. The Morgan fingerprint density at radius 2 is 2.24 bits per heavy atom. The third-order valence-corrected chi connectivity index (χ3v) is 3.53. The fourth-order valence-electron chi connectivity index (χ4n) is 1.63. The SMILES string of the molecule is CCc1nn(C)c(CN(C)CC(=O)NC)c1Br. The number of amides is 1. The van der Waals surface area contributed by atoms with E-state index in [4.69, 9.17) is 0 Å². The molecule has 1 aromatic rings. The van der Waals surface area contributed by atoms with Crippen molar-refractivity contribution in [3.63, 3.8) is 0 Å². The molecule has 0 aliphatic rings. The molecule has 96 valence electrons. The first-order chi connectivity index (χ1) is 7.99. The molecule has 0 radical (unpaired) electrons. The van der Waals surface area contributed by atoms with Crippen LogP contribution in [-0.4, -0.2) is 41.2 Å². The summed E-state index contributed by atoms with van der Waals surface area (Å²) < 4.78 is 2.91.